The van der Waals surface area contributed by atoms with Crippen LogP contribution in [0.4, 0.5) is 0 Å². The third-order valence-electron chi connectivity index (χ3n) is 3.33. The van der Waals surface area contributed by atoms with Gasteiger partial charge in [-0.3, -0.25) is 0 Å². The van der Waals surface area contributed by atoms with Gasteiger partial charge in [-0.05, 0) is 32.7 Å². The van der Waals surface area contributed by atoms with E-state index in [4.69, 9.17) is 0 Å². The molecule has 16 heavy (non-hydrogen) atoms. The van der Waals surface area contributed by atoms with Gasteiger partial charge in [-0.25, -0.2) is 8.42 Å². The molecule has 1 aliphatic rings. The van der Waals surface area contributed by atoms with Crippen LogP contribution in [0, 0.1) is 0 Å². The first kappa shape index (κ1) is 13.9. The van der Waals surface area contributed by atoms with Gasteiger partial charge in [-0.15, -0.1) is 0 Å². The lowest BCUT2D eigenvalue weighted by atomic mass is 10.2. The van der Waals surface area contributed by atoms with Crippen molar-refractivity contribution in [3.05, 3.63) is 0 Å². The van der Waals surface area contributed by atoms with Crippen LogP contribution in [0.5, 0.6) is 0 Å². The molecule has 96 valence electrons. The van der Waals surface area contributed by atoms with Crippen molar-refractivity contribution in [3.8, 4) is 0 Å². The molecule has 0 saturated carbocycles. The van der Waals surface area contributed by atoms with Crippen molar-refractivity contribution < 1.29 is 8.42 Å². The van der Waals surface area contributed by atoms with Gasteiger partial charge in [0, 0.05) is 18.6 Å². The van der Waals surface area contributed by atoms with Crippen LogP contribution in [-0.2, 0) is 10.0 Å². The quantitative estimate of drug-likeness (QED) is 0.768. The summed E-state index contributed by atoms with van der Waals surface area (Å²) < 4.78 is 26.0. The zero-order valence-electron chi connectivity index (χ0n) is 10.6. The molecule has 0 aromatic carbocycles. The fourth-order valence-electron chi connectivity index (χ4n) is 2.24. The fourth-order valence-corrected chi connectivity index (χ4v) is 4.31. The first-order chi connectivity index (χ1) is 7.51. The standard InChI is InChI=1S/C11H24N2O2S/c1-4-10(3)13(5-2)16(14,15)9-11-7-6-8-12-11/h10-12H,4-9H2,1-3H3. The molecule has 1 rings (SSSR count). The first-order valence-electron chi connectivity index (χ1n) is 6.24. The number of rotatable bonds is 6. The molecule has 2 atom stereocenters. The van der Waals surface area contributed by atoms with Gasteiger partial charge < -0.3 is 5.32 Å². The maximum Gasteiger partial charge on any atom is 0.215 e. The largest absolute Gasteiger partial charge is 0.313 e. The molecule has 0 radical (unpaired) electrons. The zero-order valence-corrected chi connectivity index (χ0v) is 11.4. The number of nitrogens with one attached hydrogen (secondary N) is 1. The van der Waals surface area contributed by atoms with E-state index < -0.39 is 10.0 Å². The summed E-state index contributed by atoms with van der Waals surface area (Å²) in [6, 6.07) is 0.263. The van der Waals surface area contributed by atoms with E-state index in [2.05, 4.69) is 5.32 Å². The molecule has 1 N–H and O–H groups in total. The van der Waals surface area contributed by atoms with E-state index in [0.29, 0.717) is 6.54 Å². The molecule has 4 nitrogen and oxygen atoms in total. The first-order valence-corrected chi connectivity index (χ1v) is 7.85. The Hall–Kier alpha value is -0.130. The van der Waals surface area contributed by atoms with E-state index in [1.54, 1.807) is 4.31 Å². The van der Waals surface area contributed by atoms with Crippen LogP contribution in [-0.4, -0.2) is 43.6 Å². The average molecular weight is 248 g/mol. The van der Waals surface area contributed by atoms with Gasteiger partial charge in [-0.1, -0.05) is 13.8 Å². The Morgan fingerprint density at radius 2 is 2.12 bits per heavy atom. The summed E-state index contributed by atoms with van der Waals surface area (Å²) in [6.07, 6.45) is 2.94. The molecular weight excluding hydrogens is 224 g/mol. The smallest absolute Gasteiger partial charge is 0.215 e. The average Bonchev–Trinajstić information content (AvgIpc) is 2.69. The molecule has 1 heterocycles. The minimum atomic E-state index is -3.10. The monoisotopic (exact) mass is 248 g/mol. The number of nitrogens with zero attached hydrogens (tertiary/aromatic N) is 1. The van der Waals surface area contributed by atoms with E-state index in [-0.39, 0.29) is 17.8 Å². The van der Waals surface area contributed by atoms with Crippen molar-refractivity contribution in [2.24, 2.45) is 0 Å². The highest BCUT2D eigenvalue weighted by Crippen LogP contribution is 2.14. The minimum Gasteiger partial charge on any atom is -0.313 e. The van der Waals surface area contributed by atoms with E-state index in [1.165, 1.54) is 0 Å². The maximum absolute atomic E-state index is 12.2. The number of hydrogen-bond acceptors (Lipinski definition) is 3. The summed E-state index contributed by atoms with van der Waals surface area (Å²) >= 11 is 0. The number of hydrogen-bond donors (Lipinski definition) is 1. The second-order valence-electron chi connectivity index (χ2n) is 4.53. The molecule has 0 aliphatic carbocycles. The van der Waals surface area contributed by atoms with Crippen LogP contribution >= 0.6 is 0 Å². The van der Waals surface area contributed by atoms with E-state index in [1.807, 2.05) is 20.8 Å². The highest BCUT2D eigenvalue weighted by molar-refractivity contribution is 7.89. The van der Waals surface area contributed by atoms with Crippen LogP contribution in [0.15, 0.2) is 0 Å². The molecule has 0 aromatic heterocycles. The van der Waals surface area contributed by atoms with E-state index >= 15 is 0 Å². The summed E-state index contributed by atoms with van der Waals surface area (Å²) in [7, 11) is -3.10. The van der Waals surface area contributed by atoms with Crippen LogP contribution in [0.25, 0.3) is 0 Å². The van der Waals surface area contributed by atoms with Gasteiger partial charge in [0.2, 0.25) is 10.0 Å². The van der Waals surface area contributed by atoms with Crippen molar-refractivity contribution in [2.45, 2.75) is 52.1 Å². The van der Waals surface area contributed by atoms with Crippen molar-refractivity contribution in [3.63, 3.8) is 0 Å². The van der Waals surface area contributed by atoms with Gasteiger partial charge in [0.15, 0.2) is 0 Å². The lowest BCUT2D eigenvalue weighted by Crippen LogP contribution is -2.43. The molecular formula is C11H24N2O2S. The summed E-state index contributed by atoms with van der Waals surface area (Å²) in [5.41, 5.74) is 0. The predicted molar refractivity (Wildman–Crippen MR) is 66.9 cm³/mol. The Morgan fingerprint density at radius 1 is 1.44 bits per heavy atom. The summed E-state index contributed by atoms with van der Waals surface area (Å²) in [4.78, 5) is 0. The third kappa shape index (κ3) is 3.43. The Balaban J connectivity index is 2.65. The van der Waals surface area contributed by atoms with Gasteiger partial charge in [0.05, 0.1) is 5.75 Å². The molecule has 1 saturated heterocycles. The minimum absolute atomic E-state index is 0.108. The Kier molecular flexibility index (Phi) is 5.21. The van der Waals surface area contributed by atoms with Crippen molar-refractivity contribution >= 4 is 10.0 Å². The Labute approximate surface area is 99.5 Å². The highest BCUT2D eigenvalue weighted by Gasteiger charge is 2.29. The Morgan fingerprint density at radius 3 is 2.56 bits per heavy atom. The van der Waals surface area contributed by atoms with Crippen LogP contribution in [0.3, 0.4) is 0 Å². The molecule has 0 aromatic rings. The van der Waals surface area contributed by atoms with Crippen molar-refractivity contribution in [1.29, 1.82) is 0 Å². The fraction of sp³-hybridized carbons (Fsp3) is 1.00. The van der Waals surface area contributed by atoms with Crippen LogP contribution in [0.1, 0.15) is 40.0 Å². The van der Waals surface area contributed by atoms with E-state index in [9.17, 15) is 8.42 Å². The highest BCUT2D eigenvalue weighted by atomic mass is 32.2. The third-order valence-corrected chi connectivity index (χ3v) is 5.48. The lowest BCUT2D eigenvalue weighted by molar-refractivity contribution is 0.340. The van der Waals surface area contributed by atoms with Crippen LogP contribution < -0.4 is 5.32 Å². The SMILES string of the molecule is CCC(C)N(CC)S(=O)(=O)CC1CCCN1. The predicted octanol–water partition coefficient (Wildman–Crippen LogP) is 1.19. The molecule has 0 bridgehead atoms. The van der Waals surface area contributed by atoms with Crippen molar-refractivity contribution in [2.75, 3.05) is 18.8 Å². The molecule has 1 fully saturated rings. The van der Waals surface area contributed by atoms with Crippen molar-refractivity contribution in [1.82, 2.24) is 9.62 Å². The summed E-state index contributed by atoms with van der Waals surface area (Å²) in [5, 5.41) is 3.24. The van der Waals surface area contributed by atoms with Gasteiger partial charge in [-0.2, -0.15) is 4.31 Å². The lowest BCUT2D eigenvalue weighted by Gasteiger charge is -2.27. The second kappa shape index (κ2) is 5.98. The van der Waals surface area contributed by atoms with Crippen LogP contribution in [0.2, 0.25) is 0 Å². The van der Waals surface area contributed by atoms with Gasteiger partial charge >= 0.3 is 0 Å². The molecule has 5 heteroatoms. The molecule has 0 spiro atoms. The number of sulfonamides is 1. The normalized spacial score (nSPS) is 23.9. The van der Waals surface area contributed by atoms with Gasteiger partial charge in [0.1, 0.15) is 0 Å². The maximum atomic E-state index is 12.2. The molecule has 1 aliphatic heterocycles. The summed E-state index contributed by atoms with van der Waals surface area (Å²) in [5.74, 6) is 0.255. The zero-order chi connectivity index (χ0) is 12.2. The van der Waals surface area contributed by atoms with Gasteiger partial charge in [0.25, 0.3) is 0 Å². The summed E-state index contributed by atoms with van der Waals surface area (Å²) in [6.45, 7) is 7.44. The topological polar surface area (TPSA) is 49.4 Å². The molecule has 0 amide bonds. The second-order valence-corrected chi connectivity index (χ2v) is 6.50. The van der Waals surface area contributed by atoms with E-state index in [0.717, 1.165) is 25.8 Å². The molecule has 2 unspecified atom stereocenters. The Bertz CT molecular complexity index is 297.